The standard InChI is InChI=1S/C12H13ClFNO4S/c1-19-12(16)10-5-8(6-15-10)20(17,18)11-3-2-7(14)4-9(11)13/h2-4,8,10,15H,5-6H2,1H3/t8-,10+/m1/s1. The second-order valence-corrected chi connectivity index (χ2v) is 7.07. The lowest BCUT2D eigenvalue weighted by Gasteiger charge is -2.12. The summed E-state index contributed by atoms with van der Waals surface area (Å²) in [6.45, 7) is 0.121. The van der Waals surface area contributed by atoms with Gasteiger partial charge in [-0.05, 0) is 24.6 Å². The maximum atomic E-state index is 13.0. The molecule has 110 valence electrons. The maximum absolute atomic E-state index is 13.0. The first kappa shape index (κ1) is 15.2. The van der Waals surface area contributed by atoms with E-state index in [1.807, 2.05) is 0 Å². The Morgan fingerprint density at radius 3 is 2.80 bits per heavy atom. The molecule has 0 bridgehead atoms. The van der Waals surface area contributed by atoms with Crippen LogP contribution in [0.1, 0.15) is 6.42 Å². The summed E-state index contributed by atoms with van der Waals surface area (Å²) in [7, 11) is -2.49. The average molecular weight is 322 g/mol. The first-order valence-corrected chi connectivity index (χ1v) is 7.79. The van der Waals surface area contributed by atoms with Crippen molar-refractivity contribution in [1.29, 1.82) is 0 Å². The second kappa shape index (κ2) is 5.67. The van der Waals surface area contributed by atoms with Crippen LogP contribution in [0, 0.1) is 5.82 Å². The van der Waals surface area contributed by atoms with Crippen molar-refractivity contribution >= 4 is 27.4 Å². The molecule has 0 saturated carbocycles. The number of hydrogen-bond acceptors (Lipinski definition) is 5. The first-order valence-electron chi connectivity index (χ1n) is 5.86. The van der Waals surface area contributed by atoms with Crippen LogP contribution in [0.2, 0.25) is 5.02 Å². The number of sulfone groups is 1. The number of nitrogens with one attached hydrogen (secondary N) is 1. The SMILES string of the molecule is COC(=O)[C@@H]1C[C@@H](S(=O)(=O)c2ccc(F)cc2Cl)CN1. The molecule has 1 fully saturated rings. The van der Waals surface area contributed by atoms with Crippen molar-refractivity contribution in [3.8, 4) is 0 Å². The van der Waals surface area contributed by atoms with Gasteiger partial charge in [0.05, 0.1) is 22.3 Å². The summed E-state index contributed by atoms with van der Waals surface area (Å²) in [5, 5.41) is 1.84. The van der Waals surface area contributed by atoms with E-state index in [1.54, 1.807) is 0 Å². The third-order valence-corrected chi connectivity index (χ3v) is 5.85. The first-order chi connectivity index (χ1) is 9.36. The summed E-state index contributed by atoms with van der Waals surface area (Å²) >= 11 is 5.79. The monoisotopic (exact) mass is 321 g/mol. The summed E-state index contributed by atoms with van der Waals surface area (Å²) in [4.78, 5) is 11.3. The average Bonchev–Trinajstić information content (AvgIpc) is 2.87. The zero-order valence-electron chi connectivity index (χ0n) is 10.6. The molecule has 1 aromatic carbocycles. The van der Waals surface area contributed by atoms with Gasteiger partial charge in [-0.15, -0.1) is 0 Å². The molecule has 0 amide bonds. The zero-order chi connectivity index (χ0) is 14.9. The predicted octanol–water partition coefficient (Wildman–Crippen LogP) is 1.16. The smallest absolute Gasteiger partial charge is 0.322 e. The lowest BCUT2D eigenvalue weighted by atomic mass is 10.2. The molecule has 2 rings (SSSR count). The highest BCUT2D eigenvalue weighted by Crippen LogP contribution is 2.29. The molecule has 1 heterocycles. The van der Waals surface area contributed by atoms with Crippen LogP contribution in [-0.2, 0) is 19.4 Å². The molecule has 1 aliphatic heterocycles. The molecule has 0 unspecified atom stereocenters. The minimum atomic E-state index is -3.73. The van der Waals surface area contributed by atoms with Crippen LogP contribution >= 0.6 is 11.6 Å². The Morgan fingerprint density at radius 2 is 2.20 bits per heavy atom. The number of esters is 1. The molecule has 1 aliphatic rings. The van der Waals surface area contributed by atoms with Gasteiger partial charge in [-0.3, -0.25) is 4.79 Å². The topological polar surface area (TPSA) is 72.5 Å². The van der Waals surface area contributed by atoms with Crippen molar-refractivity contribution in [2.45, 2.75) is 22.6 Å². The van der Waals surface area contributed by atoms with Crippen LogP contribution in [0.15, 0.2) is 23.1 Å². The number of halogens is 2. The van der Waals surface area contributed by atoms with E-state index >= 15 is 0 Å². The normalized spacial score (nSPS) is 22.8. The predicted molar refractivity (Wildman–Crippen MR) is 70.8 cm³/mol. The number of methoxy groups -OCH3 is 1. The molecular formula is C12H13ClFNO4S. The minimum absolute atomic E-state index is 0.0999. The highest BCUT2D eigenvalue weighted by atomic mass is 35.5. The Hall–Kier alpha value is -1.18. The van der Waals surface area contributed by atoms with E-state index in [0.29, 0.717) is 0 Å². The summed E-state index contributed by atoms with van der Waals surface area (Å²) < 4.78 is 42.4. The number of benzene rings is 1. The van der Waals surface area contributed by atoms with E-state index in [0.717, 1.165) is 18.2 Å². The molecule has 8 heteroatoms. The molecule has 0 radical (unpaired) electrons. The van der Waals surface area contributed by atoms with Crippen molar-refractivity contribution in [2.24, 2.45) is 0 Å². The number of carbonyl (C=O) groups excluding carboxylic acids is 1. The second-order valence-electron chi connectivity index (χ2n) is 4.46. The third kappa shape index (κ3) is 2.79. The quantitative estimate of drug-likeness (QED) is 0.668. The van der Waals surface area contributed by atoms with Gasteiger partial charge >= 0.3 is 5.97 Å². The fourth-order valence-corrected chi connectivity index (χ4v) is 4.35. The van der Waals surface area contributed by atoms with E-state index < -0.39 is 32.9 Å². The van der Waals surface area contributed by atoms with Crippen molar-refractivity contribution in [3.05, 3.63) is 29.0 Å². The molecule has 1 saturated heterocycles. The molecule has 0 aliphatic carbocycles. The summed E-state index contributed by atoms with van der Waals surface area (Å²) in [5.41, 5.74) is 0. The summed E-state index contributed by atoms with van der Waals surface area (Å²) in [6.07, 6.45) is 0.0999. The van der Waals surface area contributed by atoms with Gasteiger partial charge in [-0.2, -0.15) is 0 Å². The van der Waals surface area contributed by atoms with Gasteiger partial charge in [0, 0.05) is 6.54 Å². The fraction of sp³-hybridized carbons (Fsp3) is 0.417. The van der Waals surface area contributed by atoms with Crippen molar-refractivity contribution in [1.82, 2.24) is 5.32 Å². The molecule has 0 spiro atoms. The molecule has 1 aromatic rings. The molecule has 5 nitrogen and oxygen atoms in total. The van der Waals surface area contributed by atoms with E-state index in [2.05, 4.69) is 10.1 Å². The molecular weight excluding hydrogens is 309 g/mol. The lowest BCUT2D eigenvalue weighted by molar-refractivity contribution is -0.142. The van der Waals surface area contributed by atoms with Crippen molar-refractivity contribution < 1.29 is 22.3 Å². The van der Waals surface area contributed by atoms with Gasteiger partial charge in [0.25, 0.3) is 0 Å². The Kier molecular flexibility index (Phi) is 4.31. The minimum Gasteiger partial charge on any atom is -0.468 e. The van der Waals surface area contributed by atoms with E-state index in [9.17, 15) is 17.6 Å². The van der Waals surface area contributed by atoms with Gasteiger partial charge < -0.3 is 10.1 Å². The molecule has 2 atom stereocenters. The van der Waals surface area contributed by atoms with Crippen LogP contribution < -0.4 is 5.32 Å². The summed E-state index contributed by atoms with van der Waals surface area (Å²) in [6, 6.07) is 2.48. The Bertz CT molecular complexity index is 634. The number of hydrogen-bond donors (Lipinski definition) is 1. The van der Waals surface area contributed by atoms with E-state index in [4.69, 9.17) is 11.6 Å². The van der Waals surface area contributed by atoms with Crippen LogP contribution in [-0.4, -0.2) is 39.3 Å². The van der Waals surface area contributed by atoms with Crippen LogP contribution in [0.25, 0.3) is 0 Å². The third-order valence-electron chi connectivity index (χ3n) is 3.22. The van der Waals surface area contributed by atoms with Crippen LogP contribution in [0.4, 0.5) is 4.39 Å². The fourth-order valence-electron chi connectivity index (χ4n) is 2.15. The highest BCUT2D eigenvalue weighted by Gasteiger charge is 2.39. The molecule has 1 N–H and O–H groups in total. The molecule has 0 aromatic heterocycles. The van der Waals surface area contributed by atoms with Crippen molar-refractivity contribution in [2.75, 3.05) is 13.7 Å². The lowest BCUT2D eigenvalue weighted by Crippen LogP contribution is -2.31. The van der Waals surface area contributed by atoms with Crippen LogP contribution in [0.5, 0.6) is 0 Å². The number of rotatable bonds is 3. The van der Waals surface area contributed by atoms with Gasteiger partial charge in [0.15, 0.2) is 9.84 Å². The highest BCUT2D eigenvalue weighted by molar-refractivity contribution is 7.92. The zero-order valence-corrected chi connectivity index (χ0v) is 12.2. The summed E-state index contributed by atoms with van der Waals surface area (Å²) in [5.74, 6) is -1.11. The van der Waals surface area contributed by atoms with Gasteiger partial charge in [-0.25, -0.2) is 12.8 Å². The largest absolute Gasteiger partial charge is 0.468 e. The number of ether oxygens (including phenoxy) is 1. The van der Waals surface area contributed by atoms with E-state index in [-0.39, 0.29) is 22.9 Å². The number of carbonyl (C=O) groups is 1. The molecule has 20 heavy (non-hydrogen) atoms. The van der Waals surface area contributed by atoms with Gasteiger partial charge in [-0.1, -0.05) is 11.6 Å². The van der Waals surface area contributed by atoms with Gasteiger partial charge in [0.1, 0.15) is 11.9 Å². The Balaban J connectivity index is 2.26. The van der Waals surface area contributed by atoms with E-state index in [1.165, 1.54) is 7.11 Å². The van der Waals surface area contributed by atoms with Gasteiger partial charge in [0.2, 0.25) is 0 Å². The van der Waals surface area contributed by atoms with Crippen molar-refractivity contribution in [3.63, 3.8) is 0 Å². The Morgan fingerprint density at radius 1 is 1.50 bits per heavy atom. The Labute approximate surface area is 121 Å². The maximum Gasteiger partial charge on any atom is 0.322 e. The van der Waals surface area contributed by atoms with Crippen LogP contribution in [0.3, 0.4) is 0 Å².